The maximum atomic E-state index is 11.2. The molecule has 0 radical (unpaired) electrons. The lowest BCUT2D eigenvalue weighted by Crippen LogP contribution is -2.02. The summed E-state index contributed by atoms with van der Waals surface area (Å²) in [5, 5.41) is 0. The van der Waals surface area contributed by atoms with E-state index < -0.39 is 0 Å². The fourth-order valence-corrected chi connectivity index (χ4v) is 2.60. The SMILES string of the molecule is Cc1ccc(-n2c(C)c(C)c(C=O)c2C)c(C)c1. The van der Waals surface area contributed by atoms with Gasteiger partial charge in [0.05, 0.1) is 0 Å². The average Bonchev–Trinajstić information content (AvgIpc) is 2.52. The first-order chi connectivity index (χ1) is 8.47. The Morgan fingerprint density at radius 1 is 1.00 bits per heavy atom. The molecular formula is C16H19NO. The molecule has 0 N–H and O–H groups in total. The number of hydrogen-bond acceptors (Lipinski definition) is 1. The standard InChI is InChI=1S/C16H19NO/c1-10-6-7-16(11(2)8-10)17-13(4)12(3)15(9-18)14(17)5/h6-9H,1-5H3. The molecule has 0 saturated heterocycles. The number of aromatic nitrogens is 1. The summed E-state index contributed by atoms with van der Waals surface area (Å²) in [6.07, 6.45) is 0.956. The number of aldehydes is 1. The maximum Gasteiger partial charge on any atom is 0.152 e. The van der Waals surface area contributed by atoms with Crippen LogP contribution in [0, 0.1) is 34.6 Å². The summed E-state index contributed by atoms with van der Waals surface area (Å²) in [6, 6.07) is 6.40. The van der Waals surface area contributed by atoms with E-state index in [1.165, 1.54) is 11.1 Å². The van der Waals surface area contributed by atoms with Crippen LogP contribution in [0.4, 0.5) is 0 Å². The summed E-state index contributed by atoms with van der Waals surface area (Å²) < 4.78 is 2.17. The molecule has 1 heterocycles. The smallest absolute Gasteiger partial charge is 0.152 e. The van der Waals surface area contributed by atoms with E-state index in [9.17, 15) is 4.79 Å². The van der Waals surface area contributed by atoms with Crippen LogP contribution in [0.25, 0.3) is 5.69 Å². The molecule has 2 aromatic rings. The summed E-state index contributed by atoms with van der Waals surface area (Å²) in [5.41, 5.74) is 7.69. The number of carbonyl (C=O) groups excluding carboxylic acids is 1. The van der Waals surface area contributed by atoms with Crippen molar-refractivity contribution in [3.05, 3.63) is 51.8 Å². The summed E-state index contributed by atoms with van der Waals surface area (Å²) in [4.78, 5) is 11.2. The lowest BCUT2D eigenvalue weighted by atomic mass is 10.1. The number of carbonyl (C=O) groups is 1. The van der Waals surface area contributed by atoms with Crippen molar-refractivity contribution in [2.45, 2.75) is 34.6 Å². The summed E-state index contributed by atoms with van der Waals surface area (Å²) in [7, 11) is 0. The van der Waals surface area contributed by atoms with Crippen molar-refractivity contribution in [1.29, 1.82) is 0 Å². The fraction of sp³-hybridized carbons (Fsp3) is 0.312. The predicted octanol–water partition coefficient (Wildman–Crippen LogP) is 3.83. The van der Waals surface area contributed by atoms with E-state index in [0.29, 0.717) is 0 Å². The quantitative estimate of drug-likeness (QED) is 0.732. The van der Waals surface area contributed by atoms with Gasteiger partial charge in [-0.1, -0.05) is 17.7 Å². The van der Waals surface area contributed by atoms with Crippen LogP contribution in [0.1, 0.15) is 38.4 Å². The average molecular weight is 241 g/mol. The van der Waals surface area contributed by atoms with Crippen molar-refractivity contribution >= 4 is 6.29 Å². The predicted molar refractivity (Wildman–Crippen MR) is 74.8 cm³/mol. The van der Waals surface area contributed by atoms with Gasteiger partial charge in [-0.25, -0.2) is 0 Å². The topological polar surface area (TPSA) is 22.0 Å². The Morgan fingerprint density at radius 3 is 2.17 bits per heavy atom. The molecule has 94 valence electrons. The minimum atomic E-state index is 0.812. The Hall–Kier alpha value is -1.83. The number of aryl methyl sites for hydroxylation is 2. The molecule has 2 nitrogen and oxygen atoms in total. The van der Waals surface area contributed by atoms with E-state index in [2.05, 4.69) is 43.5 Å². The molecule has 0 aliphatic rings. The van der Waals surface area contributed by atoms with Gasteiger partial charge >= 0.3 is 0 Å². The molecule has 0 spiro atoms. The molecule has 0 aliphatic heterocycles. The molecule has 1 aromatic carbocycles. The molecule has 2 rings (SSSR count). The van der Waals surface area contributed by atoms with Gasteiger partial charge in [0.25, 0.3) is 0 Å². The van der Waals surface area contributed by atoms with Crippen molar-refractivity contribution in [2.24, 2.45) is 0 Å². The molecule has 2 heteroatoms. The Balaban J connectivity index is 2.75. The second-order valence-corrected chi connectivity index (χ2v) is 4.95. The Labute approximate surface area is 108 Å². The lowest BCUT2D eigenvalue weighted by Gasteiger charge is -2.13. The highest BCUT2D eigenvalue weighted by Crippen LogP contribution is 2.26. The van der Waals surface area contributed by atoms with Gasteiger partial charge in [0.15, 0.2) is 6.29 Å². The third-order valence-corrected chi connectivity index (χ3v) is 3.72. The summed E-state index contributed by atoms with van der Waals surface area (Å²) >= 11 is 0. The van der Waals surface area contributed by atoms with E-state index in [0.717, 1.165) is 34.5 Å². The highest BCUT2D eigenvalue weighted by Gasteiger charge is 2.15. The molecule has 0 aliphatic carbocycles. The fourth-order valence-electron chi connectivity index (χ4n) is 2.60. The minimum Gasteiger partial charge on any atom is -0.317 e. The van der Waals surface area contributed by atoms with E-state index >= 15 is 0 Å². The molecule has 0 atom stereocenters. The Kier molecular flexibility index (Phi) is 3.12. The second kappa shape index (κ2) is 4.45. The van der Waals surface area contributed by atoms with Crippen molar-refractivity contribution in [3.63, 3.8) is 0 Å². The van der Waals surface area contributed by atoms with Gasteiger partial charge in [0, 0.05) is 22.6 Å². The maximum absolute atomic E-state index is 11.2. The first-order valence-electron chi connectivity index (χ1n) is 6.18. The van der Waals surface area contributed by atoms with Crippen LogP contribution in [0.15, 0.2) is 18.2 Å². The van der Waals surface area contributed by atoms with Gasteiger partial charge in [-0.05, 0) is 51.8 Å². The summed E-state index contributed by atoms with van der Waals surface area (Å²) in [5.74, 6) is 0. The Bertz CT molecular complexity index is 621. The van der Waals surface area contributed by atoms with Crippen LogP contribution >= 0.6 is 0 Å². The van der Waals surface area contributed by atoms with Crippen molar-refractivity contribution in [2.75, 3.05) is 0 Å². The van der Waals surface area contributed by atoms with E-state index in [1.807, 2.05) is 13.8 Å². The van der Waals surface area contributed by atoms with Gasteiger partial charge in [0.1, 0.15) is 0 Å². The third kappa shape index (κ3) is 1.78. The first-order valence-corrected chi connectivity index (χ1v) is 6.18. The van der Waals surface area contributed by atoms with E-state index in [4.69, 9.17) is 0 Å². The second-order valence-electron chi connectivity index (χ2n) is 4.95. The molecular weight excluding hydrogens is 222 g/mol. The molecule has 0 unspecified atom stereocenters. The van der Waals surface area contributed by atoms with Crippen LogP contribution in [0.3, 0.4) is 0 Å². The van der Waals surface area contributed by atoms with Gasteiger partial charge in [0.2, 0.25) is 0 Å². The summed E-state index contributed by atoms with van der Waals surface area (Å²) in [6.45, 7) is 10.3. The van der Waals surface area contributed by atoms with Gasteiger partial charge < -0.3 is 4.57 Å². The van der Waals surface area contributed by atoms with Crippen LogP contribution in [0.5, 0.6) is 0 Å². The normalized spacial score (nSPS) is 10.7. The lowest BCUT2D eigenvalue weighted by molar-refractivity contribution is 0.112. The van der Waals surface area contributed by atoms with Crippen LogP contribution in [-0.2, 0) is 0 Å². The van der Waals surface area contributed by atoms with Crippen molar-refractivity contribution in [1.82, 2.24) is 4.57 Å². The Morgan fingerprint density at radius 2 is 1.67 bits per heavy atom. The van der Waals surface area contributed by atoms with Gasteiger partial charge in [-0.15, -0.1) is 0 Å². The zero-order chi connectivity index (χ0) is 13.4. The van der Waals surface area contributed by atoms with E-state index in [1.54, 1.807) is 0 Å². The zero-order valence-corrected chi connectivity index (χ0v) is 11.7. The minimum absolute atomic E-state index is 0.812. The third-order valence-electron chi connectivity index (χ3n) is 3.72. The number of nitrogens with zero attached hydrogens (tertiary/aromatic N) is 1. The van der Waals surface area contributed by atoms with Crippen molar-refractivity contribution in [3.8, 4) is 5.69 Å². The highest BCUT2D eigenvalue weighted by molar-refractivity contribution is 5.80. The number of hydrogen-bond donors (Lipinski definition) is 0. The molecule has 1 aromatic heterocycles. The molecule has 0 bridgehead atoms. The van der Waals surface area contributed by atoms with E-state index in [-0.39, 0.29) is 0 Å². The van der Waals surface area contributed by atoms with Crippen molar-refractivity contribution < 1.29 is 4.79 Å². The zero-order valence-electron chi connectivity index (χ0n) is 11.7. The molecule has 0 fully saturated rings. The highest BCUT2D eigenvalue weighted by atomic mass is 16.1. The molecule has 18 heavy (non-hydrogen) atoms. The first kappa shape index (κ1) is 12.6. The van der Waals surface area contributed by atoms with Gasteiger partial charge in [-0.3, -0.25) is 4.79 Å². The number of benzene rings is 1. The van der Waals surface area contributed by atoms with Gasteiger partial charge in [-0.2, -0.15) is 0 Å². The van der Waals surface area contributed by atoms with Crippen LogP contribution < -0.4 is 0 Å². The van der Waals surface area contributed by atoms with Crippen LogP contribution in [0.2, 0.25) is 0 Å². The molecule has 0 saturated carbocycles. The van der Waals surface area contributed by atoms with Crippen LogP contribution in [-0.4, -0.2) is 10.9 Å². The largest absolute Gasteiger partial charge is 0.317 e. The monoisotopic (exact) mass is 241 g/mol. The number of rotatable bonds is 2. The molecule has 0 amide bonds.